The van der Waals surface area contributed by atoms with E-state index in [0.717, 1.165) is 10.8 Å². The van der Waals surface area contributed by atoms with Crippen molar-refractivity contribution in [1.29, 1.82) is 0 Å². The summed E-state index contributed by atoms with van der Waals surface area (Å²) in [5.74, 6) is 0.411. The minimum absolute atomic E-state index is 0.0795. The first-order valence-electron chi connectivity index (χ1n) is 2.60. The van der Waals surface area contributed by atoms with E-state index in [0.29, 0.717) is 0 Å². The second kappa shape index (κ2) is 4.14. The molecular formula is C4H10O3S2. The number of hydrogen-bond acceptors (Lipinski definition) is 4. The van der Waals surface area contributed by atoms with Crippen LogP contribution in [-0.2, 0) is 8.87 Å². The second-order valence-corrected chi connectivity index (χ2v) is 5.96. The zero-order valence-corrected chi connectivity index (χ0v) is 6.83. The Balaban J connectivity index is 3.61. The van der Waals surface area contributed by atoms with Crippen LogP contribution in [0.25, 0.3) is 0 Å². The molecule has 0 aliphatic rings. The van der Waals surface area contributed by atoms with Crippen LogP contribution in [0.1, 0.15) is 6.92 Å². The minimum Gasteiger partial charge on any atom is -0.395 e. The molecule has 0 atom stereocenters. The summed E-state index contributed by atoms with van der Waals surface area (Å²) in [6.07, 6.45) is 0. The van der Waals surface area contributed by atoms with Gasteiger partial charge in [0, 0.05) is 5.75 Å². The Labute approximate surface area is 58.8 Å². The van der Waals surface area contributed by atoms with Crippen LogP contribution in [0, 0.1) is 0 Å². The molecule has 0 fully saturated rings. The van der Waals surface area contributed by atoms with Crippen molar-refractivity contribution in [2.75, 3.05) is 18.1 Å². The van der Waals surface area contributed by atoms with Crippen molar-refractivity contribution in [3.8, 4) is 0 Å². The standard InChI is InChI=1S/C4H10O3S2/c1-2-9(6,7)8-4-3-5/h5H,2-4H2,1H3. The Morgan fingerprint density at radius 3 is 2.44 bits per heavy atom. The molecule has 0 aromatic rings. The molecule has 9 heavy (non-hydrogen) atoms. The van der Waals surface area contributed by atoms with Gasteiger partial charge in [0.1, 0.15) is 0 Å². The smallest absolute Gasteiger partial charge is 0.201 e. The summed E-state index contributed by atoms with van der Waals surface area (Å²) in [5.41, 5.74) is 0. The van der Waals surface area contributed by atoms with Crippen LogP contribution in [-0.4, -0.2) is 31.6 Å². The summed E-state index contributed by atoms with van der Waals surface area (Å²) in [5, 5.41) is 8.24. The maximum absolute atomic E-state index is 10.6. The zero-order chi connectivity index (χ0) is 7.33. The molecule has 3 nitrogen and oxygen atoms in total. The van der Waals surface area contributed by atoms with E-state index in [9.17, 15) is 8.42 Å². The molecule has 1 N–H and O–H groups in total. The Morgan fingerprint density at radius 1 is 1.56 bits per heavy atom. The third kappa shape index (κ3) is 4.74. The van der Waals surface area contributed by atoms with Gasteiger partial charge < -0.3 is 5.11 Å². The van der Waals surface area contributed by atoms with Crippen LogP contribution in [0.4, 0.5) is 0 Å². The van der Waals surface area contributed by atoms with E-state index in [1.54, 1.807) is 6.92 Å². The quantitative estimate of drug-likeness (QED) is 0.606. The van der Waals surface area contributed by atoms with Gasteiger partial charge in [-0.05, 0) is 10.8 Å². The van der Waals surface area contributed by atoms with Crippen LogP contribution < -0.4 is 0 Å². The van der Waals surface area contributed by atoms with Crippen LogP contribution in [0.2, 0.25) is 0 Å². The molecule has 0 rings (SSSR count). The maximum atomic E-state index is 10.6. The predicted octanol–water partition coefficient (Wildman–Crippen LogP) is 0.0616. The fourth-order valence-corrected chi connectivity index (χ4v) is 2.23. The van der Waals surface area contributed by atoms with Gasteiger partial charge in [0.25, 0.3) is 0 Å². The maximum Gasteiger partial charge on any atom is 0.201 e. The van der Waals surface area contributed by atoms with Crippen molar-refractivity contribution < 1.29 is 13.5 Å². The van der Waals surface area contributed by atoms with Gasteiger partial charge >= 0.3 is 0 Å². The minimum atomic E-state index is -2.92. The van der Waals surface area contributed by atoms with E-state index in [4.69, 9.17) is 5.11 Å². The average Bonchev–Trinajstić information content (AvgIpc) is 1.84. The molecule has 0 aliphatic heterocycles. The normalized spacial score (nSPS) is 11.8. The van der Waals surface area contributed by atoms with Crippen LogP contribution >= 0.6 is 10.8 Å². The first kappa shape index (κ1) is 9.26. The monoisotopic (exact) mass is 170 g/mol. The summed E-state index contributed by atoms with van der Waals surface area (Å²) in [7, 11) is -2.12. The fourth-order valence-electron chi connectivity index (χ4n) is 0.248. The predicted molar refractivity (Wildman–Crippen MR) is 39.0 cm³/mol. The molecule has 0 radical (unpaired) electrons. The lowest BCUT2D eigenvalue weighted by molar-refractivity contribution is 0.323. The summed E-state index contributed by atoms with van der Waals surface area (Å²) in [6, 6.07) is 0. The first-order chi connectivity index (χ1) is 4.12. The zero-order valence-electron chi connectivity index (χ0n) is 5.20. The lowest BCUT2D eigenvalue weighted by Gasteiger charge is -1.95. The molecule has 0 aromatic heterocycles. The summed E-state index contributed by atoms with van der Waals surface area (Å²) >= 11 is 0. The van der Waals surface area contributed by atoms with Gasteiger partial charge in [0.2, 0.25) is 8.87 Å². The molecule has 0 bridgehead atoms. The number of aliphatic hydroxyl groups excluding tert-OH is 1. The molecule has 0 unspecified atom stereocenters. The summed E-state index contributed by atoms with van der Waals surface area (Å²) < 4.78 is 21.2. The lowest BCUT2D eigenvalue weighted by Crippen LogP contribution is -1.99. The molecule has 5 heteroatoms. The average molecular weight is 170 g/mol. The molecular weight excluding hydrogens is 160 g/mol. The van der Waals surface area contributed by atoms with Gasteiger partial charge in [-0.2, -0.15) is 0 Å². The third-order valence-electron chi connectivity index (χ3n) is 0.708. The Hall–Kier alpha value is 0.260. The summed E-state index contributed by atoms with van der Waals surface area (Å²) in [4.78, 5) is 0. The first-order valence-corrected chi connectivity index (χ1v) is 5.76. The number of hydrogen-bond donors (Lipinski definition) is 1. The molecule has 0 heterocycles. The van der Waals surface area contributed by atoms with Crippen molar-refractivity contribution in [1.82, 2.24) is 0 Å². The van der Waals surface area contributed by atoms with E-state index in [2.05, 4.69) is 0 Å². The fraction of sp³-hybridized carbons (Fsp3) is 1.00. The molecule has 56 valence electrons. The highest BCUT2D eigenvalue weighted by Crippen LogP contribution is 2.10. The van der Waals surface area contributed by atoms with Crippen molar-refractivity contribution in [3.05, 3.63) is 0 Å². The number of rotatable bonds is 4. The van der Waals surface area contributed by atoms with E-state index in [1.807, 2.05) is 0 Å². The van der Waals surface area contributed by atoms with Gasteiger partial charge in [-0.15, -0.1) is 0 Å². The molecule has 0 amide bonds. The van der Waals surface area contributed by atoms with Crippen molar-refractivity contribution in [2.24, 2.45) is 0 Å². The molecule has 0 spiro atoms. The highest BCUT2D eigenvalue weighted by molar-refractivity contribution is 8.72. The van der Waals surface area contributed by atoms with Crippen molar-refractivity contribution >= 4 is 19.7 Å². The van der Waals surface area contributed by atoms with Gasteiger partial charge in [-0.3, -0.25) is 0 Å². The van der Waals surface area contributed by atoms with Crippen LogP contribution in [0.15, 0.2) is 0 Å². The third-order valence-corrected chi connectivity index (χ3v) is 4.41. The Bertz CT molecular complexity index is 149. The van der Waals surface area contributed by atoms with Crippen LogP contribution in [0.3, 0.4) is 0 Å². The highest BCUT2D eigenvalue weighted by Gasteiger charge is 2.05. The number of aliphatic hydroxyl groups is 1. The Kier molecular flexibility index (Phi) is 4.26. The van der Waals surface area contributed by atoms with Gasteiger partial charge in [-0.25, -0.2) is 8.42 Å². The largest absolute Gasteiger partial charge is 0.395 e. The van der Waals surface area contributed by atoms with E-state index in [-0.39, 0.29) is 18.1 Å². The molecule has 0 aromatic carbocycles. The highest BCUT2D eigenvalue weighted by atomic mass is 33.1. The van der Waals surface area contributed by atoms with E-state index >= 15 is 0 Å². The van der Waals surface area contributed by atoms with Gasteiger partial charge in [-0.1, -0.05) is 6.92 Å². The topological polar surface area (TPSA) is 54.4 Å². The SMILES string of the molecule is CCS(=O)(=O)SCCO. The van der Waals surface area contributed by atoms with Crippen LogP contribution in [0.5, 0.6) is 0 Å². The molecule has 0 aliphatic carbocycles. The van der Waals surface area contributed by atoms with Gasteiger partial charge in [0.05, 0.1) is 12.4 Å². The van der Waals surface area contributed by atoms with Crippen molar-refractivity contribution in [3.63, 3.8) is 0 Å². The molecule has 0 saturated heterocycles. The Morgan fingerprint density at radius 2 is 2.11 bits per heavy atom. The van der Waals surface area contributed by atoms with Crippen molar-refractivity contribution in [2.45, 2.75) is 6.92 Å². The van der Waals surface area contributed by atoms with E-state index in [1.165, 1.54) is 0 Å². The lowest BCUT2D eigenvalue weighted by atomic mass is 10.9. The summed E-state index contributed by atoms with van der Waals surface area (Å²) in [6.45, 7) is 1.50. The van der Waals surface area contributed by atoms with Gasteiger partial charge in [0.15, 0.2) is 0 Å². The second-order valence-electron chi connectivity index (χ2n) is 1.39. The van der Waals surface area contributed by atoms with E-state index < -0.39 is 8.87 Å². The molecule has 0 saturated carbocycles.